The van der Waals surface area contributed by atoms with E-state index in [0.29, 0.717) is 5.56 Å². The highest BCUT2D eigenvalue weighted by Gasteiger charge is 2.17. The SMILES string of the molecule is CC(=O)NC(=Cc1ccccc1)C(=O)OCC(=O)NC(=O)c1cccn1C. The molecule has 140 valence electrons. The summed E-state index contributed by atoms with van der Waals surface area (Å²) in [4.78, 5) is 47.3. The summed E-state index contributed by atoms with van der Waals surface area (Å²) in [5.41, 5.74) is 0.842. The number of carbonyl (C=O) groups excluding carboxylic acids is 4. The van der Waals surface area contributed by atoms with Crippen LogP contribution in [0.5, 0.6) is 0 Å². The summed E-state index contributed by atoms with van der Waals surface area (Å²) in [5, 5.41) is 4.49. The van der Waals surface area contributed by atoms with Crippen LogP contribution in [0.4, 0.5) is 0 Å². The molecule has 2 aromatic rings. The van der Waals surface area contributed by atoms with E-state index < -0.39 is 30.3 Å². The molecule has 1 heterocycles. The lowest BCUT2D eigenvalue weighted by Crippen LogP contribution is -2.36. The first-order valence-electron chi connectivity index (χ1n) is 8.04. The lowest BCUT2D eigenvalue weighted by Gasteiger charge is -2.09. The van der Waals surface area contributed by atoms with E-state index in [0.717, 1.165) is 0 Å². The minimum atomic E-state index is -0.893. The number of esters is 1. The Morgan fingerprint density at radius 1 is 1.04 bits per heavy atom. The van der Waals surface area contributed by atoms with Gasteiger partial charge in [0.25, 0.3) is 11.8 Å². The Kier molecular flexibility index (Phi) is 6.65. The minimum Gasteiger partial charge on any atom is -0.451 e. The second-order valence-corrected chi connectivity index (χ2v) is 5.61. The highest BCUT2D eigenvalue weighted by molar-refractivity contribution is 6.05. The van der Waals surface area contributed by atoms with Crippen molar-refractivity contribution < 1.29 is 23.9 Å². The molecule has 2 N–H and O–H groups in total. The first-order valence-corrected chi connectivity index (χ1v) is 8.04. The molecule has 0 bridgehead atoms. The van der Waals surface area contributed by atoms with Crippen molar-refractivity contribution in [3.05, 3.63) is 65.6 Å². The van der Waals surface area contributed by atoms with Gasteiger partial charge in [-0.25, -0.2) is 4.79 Å². The van der Waals surface area contributed by atoms with Crippen molar-refractivity contribution in [1.82, 2.24) is 15.2 Å². The van der Waals surface area contributed by atoms with E-state index in [4.69, 9.17) is 4.74 Å². The molecule has 27 heavy (non-hydrogen) atoms. The van der Waals surface area contributed by atoms with Crippen molar-refractivity contribution in [2.24, 2.45) is 7.05 Å². The zero-order valence-corrected chi connectivity index (χ0v) is 14.9. The van der Waals surface area contributed by atoms with Gasteiger partial charge in [-0.3, -0.25) is 19.7 Å². The van der Waals surface area contributed by atoms with Gasteiger partial charge in [-0.05, 0) is 23.8 Å². The van der Waals surface area contributed by atoms with Gasteiger partial charge in [0.2, 0.25) is 5.91 Å². The number of carbonyl (C=O) groups is 4. The summed E-state index contributed by atoms with van der Waals surface area (Å²) in [6.45, 7) is 0.581. The number of amides is 3. The van der Waals surface area contributed by atoms with Gasteiger partial charge in [0.1, 0.15) is 11.4 Å². The van der Waals surface area contributed by atoms with Crippen LogP contribution in [-0.2, 0) is 26.2 Å². The van der Waals surface area contributed by atoms with Gasteiger partial charge in [-0.2, -0.15) is 0 Å². The second kappa shape index (κ2) is 9.14. The molecule has 0 radical (unpaired) electrons. The van der Waals surface area contributed by atoms with E-state index in [-0.39, 0.29) is 11.4 Å². The zero-order valence-electron chi connectivity index (χ0n) is 14.9. The summed E-state index contributed by atoms with van der Waals surface area (Å²) in [7, 11) is 1.66. The van der Waals surface area contributed by atoms with Crippen molar-refractivity contribution in [3.8, 4) is 0 Å². The third-order valence-corrected chi connectivity index (χ3v) is 3.40. The second-order valence-electron chi connectivity index (χ2n) is 5.61. The quantitative estimate of drug-likeness (QED) is 0.584. The first-order chi connectivity index (χ1) is 12.9. The molecule has 1 aromatic carbocycles. The molecule has 8 nitrogen and oxygen atoms in total. The fourth-order valence-electron chi connectivity index (χ4n) is 2.18. The van der Waals surface area contributed by atoms with Gasteiger partial charge in [-0.15, -0.1) is 0 Å². The van der Waals surface area contributed by atoms with Crippen LogP contribution in [0.1, 0.15) is 23.0 Å². The molecule has 0 saturated carbocycles. The molecule has 0 atom stereocenters. The number of aromatic nitrogens is 1. The van der Waals surface area contributed by atoms with Gasteiger partial charge in [0, 0.05) is 20.2 Å². The Labute approximate surface area is 155 Å². The Hall–Kier alpha value is -3.68. The zero-order chi connectivity index (χ0) is 19.8. The van der Waals surface area contributed by atoms with E-state index in [9.17, 15) is 19.2 Å². The summed E-state index contributed by atoms with van der Waals surface area (Å²) in [6, 6.07) is 12.0. The maximum absolute atomic E-state index is 12.2. The largest absolute Gasteiger partial charge is 0.451 e. The highest BCUT2D eigenvalue weighted by Crippen LogP contribution is 2.06. The van der Waals surface area contributed by atoms with Gasteiger partial charge < -0.3 is 14.6 Å². The molecule has 3 amide bonds. The maximum atomic E-state index is 12.2. The molecule has 2 rings (SSSR count). The number of hydrogen-bond acceptors (Lipinski definition) is 5. The molecule has 0 saturated heterocycles. The van der Waals surface area contributed by atoms with Crippen molar-refractivity contribution in [2.45, 2.75) is 6.92 Å². The van der Waals surface area contributed by atoms with Crippen LogP contribution < -0.4 is 10.6 Å². The molecule has 0 aliphatic carbocycles. The predicted molar refractivity (Wildman–Crippen MR) is 97.1 cm³/mol. The molecule has 0 aliphatic heterocycles. The van der Waals surface area contributed by atoms with Crippen LogP contribution in [0.3, 0.4) is 0 Å². The normalized spacial score (nSPS) is 10.8. The average Bonchev–Trinajstić information content (AvgIpc) is 3.05. The smallest absolute Gasteiger partial charge is 0.355 e. The molecule has 8 heteroatoms. The molecule has 0 fully saturated rings. The van der Waals surface area contributed by atoms with Crippen molar-refractivity contribution >= 4 is 29.8 Å². The molecule has 1 aromatic heterocycles. The molecule has 0 unspecified atom stereocenters. The topological polar surface area (TPSA) is 106 Å². The van der Waals surface area contributed by atoms with Crippen LogP contribution in [-0.4, -0.2) is 34.9 Å². The van der Waals surface area contributed by atoms with E-state index in [1.807, 2.05) is 6.07 Å². The van der Waals surface area contributed by atoms with Gasteiger partial charge >= 0.3 is 5.97 Å². The molecule has 0 aliphatic rings. The van der Waals surface area contributed by atoms with E-state index in [1.165, 1.54) is 13.0 Å². The fourth-order valence-corrected chi connectivity index (χ4v) is 2.18. The summed E-state index contributed by atoms with van der Waals surface area (Å²) in [5.74, 6) is -2.74. The number of aryl methyl sites for hydroxylation is 1. The van der Waals surface area contributed by atoms with Crippen LogP contribution in [0.15, 0.2) is 54.4 Å². The van der Waals surface area contributed by atoms with Gasteiger partial charge in [-0.1, -0.05) is 30.3 Å². The Balaban J connectivity index is 1.97. The third kappa shape index (κ3) is 5.96. The van der Waals surface area contributed by atoms with Crippen molar-refractivity contribution in [1.29, 1.82) is 0 Å². The number of rotatable bonds is 6. The van der Waals surface area contributed by atoms with Gasteiger partial charge in [0.05, 0.1) is 0 Å². The lowest BCUT2D eigenvalue weighted by molar-refractivity contribution is -0.145. The molecular formula is C19H19N3O5. The van der Waals surface area contributed by atoms with E-state index in [1.54, 1.807) is 54.2 Å². The molecule has 0 spiro atoms. The maximum Gasteiger partial charge on any atom is 0.355 e. The number of benzene rings is 1. The molecular weight excluding hydrogens is 350 g/mol. The third-order valence-electron chi connectivity index (χ3n) is 3.40. The summed E-state index contributed by atoms with van der Waals surface area (Å²) in [6.07, 6.45) is 3.09. The van der Waals surface area contributed by atoms with Crippen LogP contribution in [0, 0.1) is 0 Å². The standard InChI is InChI=1S/C19H19N3O5/c1-13(23)20-15(11-14-7-4-3-5-8-14)19(26)27-12-17(24)21-18(25)16-9-6-10-22(16)2/h3-11H,12H2,1-2H3,(H,20,23)(H,21,24,25). The number of hydrogen-bond donors (Lipinski definition) is 2. The van der Waals surface area contributed by atoms with Crippen molar-refractivity contribution in [2.75, 3.05) is 6.61 Å². The van der Waals surface area contributed by atoms with Crippen LogP contribution in [0.25, 0.3) is 6.08 Å². The van der Waals surface area contributed by atoms with E-state index in [2.05, 4.69) is 10.6 Å². The van der Waals surface area contributed by atoms with Crippen LogP contribution >= 0.6 is 0 Å². The lowest BCUT2D eigenvalue weighted by atomic mass is 10.2. The minimum absolute atomic E-state index is 0.115. The van der Waals surface area contributed by atoms with Crippen molar-refractivity contribution in [3.63, 3.8) is 0 Å². The number of nitrogens with one attached hydrogen (secondary N) is 2. The fraction of sp³-hybridized carbons (Fsp3) is 0.158. The average molecular weight is 369 g/mol. The van der Waals surface area contributed by atoms with E-state index >= 15 is 0 Å². The first kappa shape index (κ1) is 19.6. The number of nitrogens with zero attached hydrogens (tertiary/aromatic N) is 1. The van der Waals surface area contributed by atoms with Crippen LogP contribution in [0.2, 0.25) is 0 Å². The van der Waals surface area contributed by atoms with Gasteiger partial charge in [0.15, 0.2) is 6.61 Å². The predicted octanol–water partition coefficient (Wildman–Crippen LogP) is 1.00. The Bertz CT molecular complexity index is 884. The highest BCUT2D eigenvalue weighted by atomic mass is 16.5. The Morgan fingerprint density at radius 3 is 2.33 bits per heavy atom. The number of imide groups is 1. The monoisotopic (exact) mass is 369 g/mol. The summed E-state index contributed by atoms with van der Waals surface area (Å²) >= 11 is 0. The summed E-state index contributed by atoms with van der Waals surface area (Å²) < 4.78 is 6.44. The Morgan fingerprint density at radius 2 is 1.74 bits per heavy atom. The number of ether oxygens (including phenoxy) is 1.